The van der Waals surface area contributed by atoms with E-state index in [1.165, 1.54) is 89.9 Å². The molecule has 2 atom stereocenters. The lowest BCUT2D eigenvalue weighted by molar-refractivity contribution is -0.140. The maximum atomic E-state index is 12.6. The van der Waals surface area contributed by atoms with E-state index in [9.17, 15) is 19.5 Å². The van der Waals surface area contributed by atoms with E-state index in [0.29, 0.717) is 0 Å². The summed E-state index contributed by atoms with van der Waals surface area (Å²) in [4.78, 5) is 34.5. The molecule has 0 aromatic carbocycles. The second kappa shape index (κ2) is 30.2. The largest absolute Gasteiger partial charge is 0.481 e. The van der Waals surface area contributed by atoms with Crippen LogP contribution in [-0.4, -0.2) is 88.1 Å². The van der Waals surface area contributed by atoms with Crippen molar-refractivity contribution >= 4 is 17.8 Å². The van der Waals surface area contributed by atoms with Gasteiger partial charge in [-0.1, -0.05) is 104 Å². The molecule has 0 rings (SSSR count). The van der Waals surface area contributed by atoms with Gasteiger partial charge >= 0.3 is 11.9 Å². The SMILES string of the molecule is CCCCCCCCCCN(CCCCCCCCCC)C(=O)CNCC(O)CO.N[C@@H](CCC(=O)O)C(=O)O. The number of aliphatic hydroxyl groups excluding tert-OH is 2. The second-order valence-corrected chi connectivity index (χ2v) is 10.7. The molecule has 0 bridgehead atoms. The molecule has 0 aromatic rings. The van der Waals surface area contributed by atoms with Crippen LogP contribution < -0.4 is 11.1 Å². The lowest BCUT2D eigenvalue weighted by atomic mass is 10.1. The van der Waals surface area contributed by atoms with Crippen molar-refractivity contribution in [1.29, 1.82) is 0 Å². The van der Waals surface area contributed by atoms with Gasteiger partial charge in [0.05, 0.1) is 19.3 Å². The van der Waals surface area contributed by atoms with Crippen LogP contribution in [0.15, 0.2) is 0 Å². The van der Waals surface area contributed by atoms with Crippen molar-refractivity contribution in [2.75, 3.05) is 32.8 Å². The number of carbonyl (C=O) groups excluding carboxylic acids is 1. The molecule has 0 saturated heterocycles. The van der Waals surface area contributed by atoms with Gasteiger partial charge < -0.3 is 36.4 Å². The van der Waals surface area contributed by atoms with Gasteiger partial charge in [0, 0.05) is 26.1 Å². The zero-order chi connectivity index (χ0) is 30.4. The number of carbonyl (C=O) groups is 3. The molecule has 7 N–H and O–H groups in total. The first-order valence-electron chi connectivity index (χ1n) is 15.7. The van der Waals surface area contributed by atoms with Crippen molar-refractivity contribution in [2.24, 2.45) is 5.73 Å². The van der Waals surface area contributed by atoms with Crippen LogP contribution in [-0.2, 0) is 14.4 Å². The van der Waals surface area contributed by atoms with E-state index in [1.807, 2.05) is 4.90 Å². The van der Waals surface area contributed by atoms with Crippen molar-refractivity contribution in [3.8, 4) is 0 Å². The number of hydrogen-bond acceptors (Lipinski definition) is 7. The van der Waals surface area contributed by atoms with Crippen molar-refractivity contribution in [2.45, 2.75) is 142 Å². The summed E-state index contributed by atoms with van der Waals surface area (Å²) in [5.74, 6) is -2.08. The van der Waals surface area contributed by atoms with Crippen LogP contribution in [0.4, 0.5) is 0 Å². The van der Waals surface area contributed by atoms with Gasteiger partial charge in [-0.2, -0.15) is 0 Å². The Hall–Kier alpha value is -1.75. The molecule has 0 aliphatic carbocycles. The number of carboxylic acid groups (broad SMARTS) is 2. The number of nitrogens with two attached hydrogens (primary N) is 1. The Balaban J connectivity index is 0. The molecule has 238 valence electrons. The molecule has 0 fully saturated rings. The quantitative estimate of drug-likeness (QED) is 0.0780. The average molecular weight is 576 g/mol. The van der Waals surface area contributed by atoms with Crippen LogP contribution in [0.5, 0.6) is 0 Å². The van der Waals surface area contributed by atoms with E-state index < -0.39 is 24.1 Å². The Kier molecular flexibility index (Phi) is 30.5. The van der Waals surface area contributed by atoms with E-state index >= 15 is 0 Å². The topological polar surface area (TPSA) is 173 Å². The van der Waals surface area contributed by atoms with Crippen molar-refractivity contribution < 1.29 is 34.8 Å². The highest BCUT2D eigenvalue weighted by Gasteiger charge is 2.14. The second-order valence-electron chi connectivity index (χ2n) is 10.7. The van der Waals surface area contributed by atoms with Gasteiger partial charge in [-0.15, -0.1) is 0 Å². The van der Waals surface area contributed by atoms with E-state index in [2.05, 4.69) is 19.2 Å². The van der Waals surface area contributed by atoms with Crippen molar-refractivity contribution in [3.63, 3.8) is 0 Å². The van der Waals surface area contributed by atoms with Gasteiger partial charge in [-0.3, -0.25) is 14.4 Å². The molecule has 0 heterocycles. The molecule has 10 heteroatoms. The zero-order valence-electron chi connectivity index (χ0n) is 25.5. The smallest absolute Gasteiger partial charge is 0.320 e. The summed E-state index contributed by atoms with van der Waals surface area (Å²) in [5, 5.41) is 37.6. The van der Waals surface area contributed by atoms with E-state index in [4.69, 9.17) is 21.1 Å². The number of nitrogens with one attached hydrogen (secondary N) is 1. The van der Waals surface area contributed by atoms with E-state index in [1.54, 1.807) is 0 Å². The maximum absolute atomic E-state index is 12.6. The Labute approximate surface area is 243 Å². The van der Waals surface area contributed by atoms with Gasteiger partial charge in [-0.05, 0) is 19.3 Å². The first kappa shape index (κ1) is 40.4. The number of unbranched alkanes of at least 4 members (excludes halogenated alkanes) is 14. The van der Waals surface area contributed by atoms with Gasteiger partial charge in [0.2, 0.25) is 5.91 Å². The molecule has 0 aliphatic rings. The fourth-order valence-corrected chi connectivity index (χ4v) is 4.16. The summed E-state index contributed by atoms with van der Waals surface area (Å²) in [5.41, 5.74) is 5.00. The summed E-state index contributed by atoms with van der Waals surface area (Å²) in [6.45, 7) is 6.40. The third-order valence-corrected chi connectivity index (χ3v) is 6.77. The van der Waals surface area contributed by atoms with Crippen LogP contribution in [0.3, 0.4) is 0 Å². The third kappa shape index (κ3) is 29.2. The minimum atomic E-state index is -1.17. The standard InChI is InChI=1S/C25H52N2O3.C5H9NO4/c1-3-5-7-9-11-13-15-17-19-27(25(30)22-26-21-24(29)23-28)20-18-16-14-12-10-8-6-4-2;6-3(5(9)10)1-2-4(7)8/h24,26,28-29H,3-23H2,1-2H3;3H,1-2,6H2,(H,7,8)(H,9,10)/t;3-/m.0/s1. The molecular weight excluding hydrogens is 514 g/mol. The molecule has 0 saturated carbocycles. The number of rotatable bonds is 27. The average Bonchev–Trinajstić information content (AvgIpc) is 2.93. The fourth-order valence-electron chi connectivity index (χ4n) is 4.16. The number of nitrogens with zero attached hydrogens (tertiary/aromatic N) is 1. The third-order valence-electron chi connectivity index (χ3n) is 6.77. The molecule has 1 unspecified atom stereocenters. The van der Waals surface area contributed by atoms with Gasteiger partial charge in [0.1, 0.15) is 6.04 Å². The zero-order valence-corrected chi connectivity index (χ0v) is 25.5. The molecule has 0 aromatic heterocycles. The Bertz CT molecular complexity index is 588. The normalized spacial score (nSPS) is 12.3. The number of carboxylic acids is 2. The highest BCUT2D eigenvalue weighted by atomic mass is 16.4. The number of aliphatic carboxylic acids is 2. The Morgan fingerprint density at radius 2 is 1.18 bits per heavy atom. The fraction of sp³-hybridized carbons (Fsp3) is 0.900. The number of hydrogen-bond donors (Lipinski definition) is 6. The van der Waals surface area contributed by atoms with Gasteiger partial charge in [0.15, 0.2) is 0 Å². The summed E-state index contributed by atoms with van der Waals surface area (Å²) < 4.78 is 0. The van der Waals surface area contributed by atoms with Crippen LogP contribution in [0.25, 0.3) is 0 Å². The van der Waals surface area contributed by atoms with Crippen molar-refractivity contribution in [3.05, 3.63) is 0 Å². The highest BCUT2D eigenvalue weighted by Crippen LogP contribution is 2.11. The monoisotopic (exact) mass is 575 g/mol. The first-order chi connectivity index (χ1) is 19.2. The van der Waals surface area contributed by atoms with Crippen LogP contribution in [0, 0.1) is 0 Å². The van der Waals surface area contributed by atoms with Gasteiger partial charge in [0.25, 0.3) is 0 Å². The van der Waals surface area contributed by atoms with Crippen LogP contribution in [0.2, 0.25) is 0 Å². The molecule has 0 spiro atoms. The molecule has 40 heavy (non-hydrogen) atoms. The summed E-state index contributed by atoms with van der Waals surface area (Å²) in [7, 11) is 0. The summed E-state index contributed by atoms with van der Waals surface area (Å²) in [6, 6.07) is -1.06. The predicted octanol–water partition coefficient (Wildman–Crippen LogP) is 4.30. The Morgan fingerprint density at radius 1 is 0.750 bits per heavy atom. The molecule has 0 radical (unpaired) electrons. The summed E-state index contributed by atoms with van der Waals surface area (Å²) in [6.07, 6.45) is 19.3. The lowest BCUT2D eigenvalue weighted by Gasteiger charge is -2.23. The number of aliphatic hydroxyl groups is 2. The highest BCUT2D eigenvalue weighted by molar-refractivity contribution is 5.78. The predicted molar refractivity (Wildman–Crippen MR) is 160 cm³/mol. The minimum Gasteiger partial charge on any atom is -0.481 e. The van der Waals surface area contributed by atoms with Crippen molar-refractivity contribution in [1.82, 2.24) is 10.2 Å². The minimum absolute atomic E-state index is 0.0231. The lowest BCUT2D eigenvalue weighted by Crippen LogP contribution is -2.41. The molecule has 0 aliphatic heterocycles. The van der Waals surface area contributed by atoms with Crippen LogP contribution >= 0.6 is 0 Å². The van der Waals surface area contributed by atoms with E-state index in [-0.39, 0.29) is 38.4 Å². The van der Waals surface area contributed by atoms with E-state index in [0.717, 1.165) is 25.9 Å². The summed E-state index contributed by atoms with van der Waals surface area (Å²) >= 11 is 0. The first-order valence-corrected chi connectivity index (χ1v) is 15.7. The molecular formula is C30H61N3O7. The molecule has 1 amide bonds. The van der Waals surface area contributed by atoms with Gasteiger partial charge in [-0.25, -0.2) is 0 Å². The number of amides is 1. The van der Waals surface area contributed by atoms with Crippen LogP contribution in [0.1, 0.15) is 129 Å². The Morgan fingerprint density at radius 3 is 1.55 bits per heavy atom. The molecule has 10 nitrogen and oxygen atoms in total. The maximum Gasteiger partial charge on any atom is 0.320 e.